The summed E-state index contributed by atoms with van der Waals surface area (Å²) in [5.74, 6) is 0.967. The maximum Gasteiger partial charge on any atom is 0.123 e. The molecule has 1 atom stereocenters. The number of aryl methyl sites for hydroxylation is 1. The van der Waals surface area contributed by atoms with Crippen molar-refractivity contribution < 1.29 is 4.39 Å². The minimum Gasteiger partial charge on any atom is -0.207 e. The second-order valence-corrected chi connectivity index (χ2v) is 5.46. The molecule has 1 unspecified atom stereocenters. The molecule has 1 aromatic carbocycles. The molecule has 1 aromatic rings. The van der Waals surface area contributed by atoms with E-state index in [-0.39, 0.29) is 11.2 Å². The third-order valence-electron chi connectivity index (χ3n) is 3.60. The van der Waals surface area contributed by atoms with E-state index in [1.54, 1.807) is 6.07 Å². The molecule has 0 bridgehead atoms. The molecule has 2 heteroatoms. The van der Waals surface area contributed by atoms with Crippen LogP contribution in [0.2, 0.25) is 0 Å². The van der Waals surface area contributed by atoms with E-state index < -0.39 is 0 Å². The lowest BCUT2D eigenvalue weighted by molar-refractivity contribution is 0.253. The lowest BCUT2D eigenvalue weighted by Gasteiger charge is -2.32. The molecule has 0 aliphatic rings. The van der Waals surface area contributed by atoms with Crippen LogP contribution >= 0.6 is 11.6 Å². The summed E-state index contributed by atoms with van der Waals surface area (Å²) in [6, 6.07) is 4.99. The molecule has 0 spiro atoms. The maximum absolute atomic E-state index is 13.0. The van der Waals surface area contributed by atoms with Gasteiger partial charge >= 0.3 is 0 Å². The van der Waals surface area contributed by atoms with Crippen molar-refractivity contribution in [3.63, 3.8) is 0 Å². The summed E-state index contributed by atoms with van der Waals surface area (Å²) in [5.41, 5.74) is 2.28. The molecule has 1 rings (SSSR count). The van der Waals surface area contributed by atoms with Crippen molar-refractivity contribution in [1.29, 1.82) is 0 Å². The monoisotopic (exact) mass is 242 g/mol. The van der Waals surface area contributed by atoms with E-state index in [2.05, 4.69) is 20.8 Å². The Kier molecular flexibility index (Phi) is 4.37. The van der Waals surface area contributed by atoms with Crippen LogP contribution in [0.15, 0.2) is 18.2 Å². The summed E-state index contributed by atoms with van der Waals surface area (Å²) in [6.07, 6.45) is 0.903. The molecule has 0 saturated heterocycles. The highest BCUT2D eigenvalue weighted by Gasteiger charge is 2.28. The van der Waals surface area contributed by atoms with E-state index in [1.165, 1.54) is 11.6 Å². The van der Waals surface area contributed by atoms with Crippen molar-refractivity contribution in [2.45, 2.75) is 34.1 Å². The first kappa shape index (κ1) is 13.5. The molecular weight excluding hydrogens is 223 g/mol. The van der Waals surface area contributed by atoms with Gasteiger partial charge < -0.3 is 0 Å². The zero-order valence-corrected chi connectivity index (χ0v) is 11.2. The molecular formula is C14H20ClF. The highest BCUT2D eigenvalue weighted by atomic mass is 35.5. The largest absolute Gasteiger partial charge is 0.207 e. The average molecular weight is 243 g/mol. The van der Waals surface area contributed by atoms with E-state index in [9.17, 15) is 4.39 Å². The average Bonchev–Trinajstić information content (AvgIpc) is 2.22. The van der Waals surface area contributed by atoms with Crippen molar-refractivity contribution in [2.24, 2.45) is 11.3 Å². The molecule has 0 aromatic heterocycles. The summed E-state index contributed by atoms with van der Waals surface area (Å²) in [4.78, 5) is 0. The first-order chi connectivity index (χ1) is 7.39. The van der Waals surface area contributed by atoms with Gasteiger partial charge in [0.25, 0.3) is 0 Å². The Bertz CT molecular complexity index is 360. The fourth-order valence-electron chi connectivity index (χ4n) is 1.70. The van der Waals surface area contributed by atoms with Crippen molar-refractivity contribution >= 4 is 11.6 Å². The topological polar surface area (TPSA) is 0 Å². The molecule has 0 fully saturated rings. The summed E-state index contributed by atoms with van der Waals surface area (Å²) in [5, 5.41) is 0. The Morgan fingerprint density at radius 2 is 2.00 bits per heavy atom. The number of halogens is 2. The first-order valence-electron chi connectivity index (χ1n) is 5.70. The summed E-state index contributed by atoms with van der Waals surface area (Å²) >= 11 is 6.06. The zero-order valence-electron chi connectivity index (χ0n) is 10.5. The van der Waals surface area contributed by atoms with Gasteiger partial charge in [0.1, 0.15) is 5.82 Å². The van der Waals surface area contributed by atoms with Crippen molar-refractivity contribution in [1.82, 2.24) is 0 Å². The molecule has 0 aliphatic carbocycles. The summed E-state index contributed by atoms with van der Waals surface area (Å²) in [6.45, 7) is 8.50. The molecule has 90 valence electrons. The Hall–Kier alpha value is -0.560. The predicted octanol–water partition coefficient (Wildman–Crippen LogP) is 4.58. The van der Waals surface area contributed by atoms with Crippen LogP contribution in [0.3, 0.4) is 0 Å². The summed E-state index contributed by atoms with van der Waals surface area (Å²) in [7, 11) is 0. The number of rotatable bonds is 4. The van der Waals surface area contributed by atoms with Gasteiger partial charge in [-0.3, -0.25) is 0 Å². The molecule has 0 aliphatic heterocycles. The predicted molar refractivity (Wildman–Crippen MR) is 68.5 cm³/mol. The summed E-state index contributed by atoms with van der Waals surface area (Å²) < 4.78 is 13.0. The van der Waals surface area contributed by atoms with Gasteiger partial charge in [0, 0.05) is 5.88 Å². The van der Waals surface area contributed by atoms with Crippen molar-refractivity contribution in [2.75, 3.05) is 5.88 Å². The van der Waals surface area contributed by atoms with Crippen LogP contribution in [0.25, 0.3) is 0 Å². The van der Waals surface area contributed by atoms with Crippen LogP contribution in [0.5, 0.6) is 0 Å². The highest BCUT2D eigenvalue weighted by Crippen LogP contribution is 2.33. The molecule has 0 N–H and O–H groups in total. The molecule has 16 heavy (non-hydrogen) atoms. The van der Waals surface area contributed by atoms with Gasteiger partial charge in [-0.15, -0.1) is 11.6 Å². The van der Waals surface area contributed by atoms with E-state index in [1.807, 2.05) is 13.0 Å². The van der Waals surface area contributed by atoms with Crippen LogP contribution < -0.4 is 0 Å². The molecule has 0 heterocycles. The Balaban J connectivity index is 2.95. The molecule has 0 saturated carbocycles. The molecule has 0 nitrogen and oxygen atoms in total. The van der Waals surface area contributed by atoms with Gasteiger partial charge in [0.05, 0.1) is 0 Å². The van der Waals surface area contributed by atoms with Crippen molar-refractivity contribution in [3.8, 4) is 0 Å². The van der Waals surface area contributed by atoms with Gasteiger partial charge in [-0.1, -0.05) is 26.8 Å². The minimum absolute atomic E-state index is 0.0736. The van der Waals surface area contributed by atoms with Crippen LogP contribution in [0.4, 0.5) is 4.39 Å². The fraction of sp³-hybridized carbons (Fsp3) is 0.571. The Labute approximate surface area is 103 Å². The number of hydrogen-bond acceptors (Lipinski definition) is 0. The van der Waals surface area contributed by atoms with Crippen LogP contribution in [0.1, 0.15) is 31.9 Å². The SMILES string of the molecule is Cc1cc(F)ccc1CC(C)(CCl)C(C)C. The molecule has 0 radical (unpaired) electrons. The number of alkyl halides is 1. The molecule has 0 amide bonds. The second-order valence-electron chi connectivity index (χ2n) is 5.19. The van der Waals surface area contributed by atoms with Crippen molar-refractivity contribution in [3.05, 3.63) is 35.1 Å². The van der Waals surface area contributed by atoms with Crippen LogP contribution in [0, 0.1) is 24.1 Å². The third kappa shape index (κ3) is 2.98. The lowest BCUT2D eigenvalue weighted by Crippen LogP contribution is -2.28. The number of hydrogen-bond donors (Lipinski definition) is 0. The van der Waals surface area contributed by atoms with E-state index in [0.29, 0.717) is 11.8 Å². The smallest absolute Gasteiger partial charge is 0.123 e. The Morgan fingerprint density at radius 3 is 2.44 bits per heavy atom. The second kappa shape index (κ2) is 5.18. The standard InChI is InChI=1S/C14H20ClF/c1-10(2)14(4,9-15)8-12-5-6-13(16)7-11(12)3/h5-7,10H,8-9H2,1-4H3. The maximum atomic E-state index is 13.0. The van der Waals surface area contributed by atoms with Gasteiger partial charge in [-0.2, -0.15) is 0 Å². The van der Waals surface area contributed by atoms with E-state index >= 15 is 0 Å². The normalized spacial score (nSPS) is 15.2. The lowest BCUT2D eigenvalue weighted by atomic mass is 9.75. The van der Waals surface area contributed by atoms with Crippen LogP contribution in [-0.4, -0.2) is 5.88 Å². The van der Waals surface area contributed by atoms with Gasteiger partial charge in [0.2, 0.25) is 0 Å². The number of benzene rings is 1. The minimum atomic E-state index is -0.168. The van der Waals surface area contributed by atoms with Gasteiger partial charge in [0.15, 0.2) is 0 Å². The van der Waals surface area contributed by atoms with Crippen LogP contribution in [-0.2, 0) is 6.42 Å². The third-order valence-corrected chi connectivity index (χ3v) is 4.21. The van der Waals surface area contributed by atoms with E-state index in [4.69, 9.17) is 11.6 Å². The van der Waals surface area contributed by atoms with Gasteiger partial charge in [-0.05, 0) is 47.9 Å². The Morgan fingerprint density at radius 1 is 1.38 bits per heavy atom. The fourth-order valence-corrected chi connectivity index (χ4v) is 2.10. The first-order valence-corrected chi connectivity index (χ1v) is 6.23. The quantitative estimate of drug-likeness (QED) is 0.678. The zero-order chi connectivity index (χ0) is 12.3. The van der Waals surface area contributed by atoms with E-state index in [0.717, 1.165) is 12.0 Å². The van der Waals surface area contributed by atoms with Gasteiger partial charge in [-0.25, -0.2) is 4.39 Å². The highest BCUT2D eigenvalue weighted by molar-refractivity contribution is 6.18.